The first-order chi connectivity index (χ1) is 14.0. The number of methoxy groups -OCH3 is 1. The van der Waals surface area contributed by atoms with Crippen molar-refractivity contribution in [3.8, 4) is 5.75 Å². The molecule has 0 fully saturated rings. The van der Waals surface area contributed by atoms with E-state index in [1.54, 1.807) is 18.3 Å². The molecular formula is C19H15ClN4O5. The van der Waals surface area contributed by atoms with Gasteiger partial charge in [-0.05, 0) is 30.3 Å². The number of esters is 1. The van der Waals surface area contributed by atoms with E-state index in [0.717, 1.165) is 0 Å². The van der Waals surface area contributed by atoms with E-state index in [2.05, 4.69) is 25.3 Å². The number of hydrogen-bond acceptors (Lipinski definition) is 7. The third kappa shape index (κ3) is 5.17. The van der Waals surface area contributed by atoms with Crippen molar-refractivity contribution in [2.45, 2.75) is 0 Å². The minimum Gasteiger partial charge on any atom is -0.482 e. The van der Waals surface area contributed by atoms with Crippen LogP contribution in [0.5, 0.6) is 5.75 Å². The number of carbonyl (C=O) groups is 3. The molecular weight excluding hydrogens is 400 g/mol. The number of hydrogen-bond donors (Lipinski definition) is 2. The van der Waals surface area contributed by atoms with Gasteiger partial charge in [-0.15, -0.1) is 0 Å². The fourth-order valence-electron chi connectivity index (χ4n) is 2.32. The molecule has 3 rings (SSSR count). The number of rotatable bonds is 5. The zero-order valence-electron chi connectivity index (χ0n) is 15.1. The molecule has 10 heteroatoms. The molecule has 2 aromatic carbocycles. The molecule has 0 saturated carbocycles. The molecule has 1 aromatic heterocycles. The van der Waals surface area contributed by atoms with Crippen molar-refractivity contribution in [2.24, 2.45) is 0 Å². The first kappa shape index (κ1) is 20.0. The summed E-state index contributed by atoms with van der Waals surface area (Å²) in [4.78, 5) is 43.7. The van der Waals surface area contributed by atoms with Gasteiger partial charge in [-0.1, -0.05) is 11.6 Å². The van der Waals surface area contributed by atoms with Crippen LogP contribution in [-0.4, -0.2) is 41.6 Å². The van der Waals surface area contributed by atoms with E-state index in [1.165, 1.54) is 37.6 Å². The van der Waals surface area contributed by atoms with E-state index in [-0.39, 0.29) is 22.9 Å². The van der Waals surface area contributed by atoms with Crippen molar-refractivity contribution in [3.63, 3.8) is 0 Å². The Hall–Kier alpha value is -3.72. The van der Waals surface area contributed by atoms with Crippen LogP contribution in [0, 0.1) is 0 Å². The summed E-state index contributed by atoms with van der Waals surface area (Å²) in [6.07, 6.45) is 3.06. The van der Waals surface area contributed by atoms with Gasteiger partial charge in [-0.3, -0.25) is 20.1 Å². The normalized spacial score (nSPS) is 10.3. The lowest BCUT2D eigenvalue weighted by Gasteiger charge is -2.10. The summed E-state index contributed by atoms with van der Waals surface area (Å²) in [5.41, 5.74) is 1.68. The number of carbonyl (C=O) groups excluding carboxylic acids is 3. The van der Waals surface area contributed by atoms with E-state index in [0.29, 0.717) is 16.8 Å². The Morgan fingerprint density at radius 3 is 2.52 bits per heavy atom. The zero-order valence-corrected chi connectivity index (χ0v) is 15.9. The van der Waals surface area contributed by atoms with Crippen LogP contribution in [0.15, 0.2) is 48.8 Å². The summed E-state index contributed by atoms with van der Waals surface area (Å²) in [5, 5.41) is 4.85. The Bertz CT molecular complexity index is 1090. The lowest BCUT2D eigenvalue weighted by molar-refractivity contribution is -0.142. The van der Waals surface area contributed by atoms with Gasteiger partial charge in [-0.25, -0.2) is 9.59 Å². The quantitative estimate of drug-likeness (QED) is 0.616. The number of nitrogens with zero attached hydrogens (tertiary/aromatic N) is 2. The number of ether oxygens (including phenoxy) is 2. The van der Waals surface area contributed by atoms with E-state index < -0.39 is 17.9 Å². The van der Waals surface area contributed by atoms with Crippen LogP contribution in [-0.2, 0) is 9.53 Å². The standard InChI is InChI=1S/C19H15ClN4O5/c1-28-17(25)10-29-12-3-5-14(13(20)9-12)23-19(27)24-18(26)11-2-4-15-16(8-11)22-7-6-21-15/h2-9H,10H2,1H3,(H2,23,24,26,27). The summed E-state index contributed by atoms with van der Waals surface area (Å²) >= 11 is 6.10. The smallest absolute Gasteiger partial charge is 0.343 e. The SMILES string of the molecule is COC(=O)COc1ccc(NC(=O)NC(=O)c2ccc3nccnc3c2)c(Cl)c1. The molecule has 0 bridgehead atoms. The van der Waals surface area contributed by atoms with Crippen LogP contribution in [0.3, 0.4) is 0 Å². The molecule has 2 N–H and O–H groups in total. The Morgan fingerprint density at radius 1 is 1.03 bits per heavy atom. The largest absolute Gasteiger partial charge is 0.482 e. The zero-order chi connectivity index (χ0) is 20.8. The fraction of sp³-hybridized carbons (Fsp3) is 0.105. The van der Waals surface area contributed by atoms with Crippen LogP contribution in [0.25, 0.3) is 11.0 Å². The Labute approximate surface area is 170 Å². The molecule has 0 spiro atoms. The van der Waals surface area contributed by atoms with Gasteiger partial charge in [0.15, 0.2) is 6.61 Å². The lowest BCUT2D eigenvalue weighted by atomic mass is 10.2. The molecule has 9 nitrogen and oxygen atoms in total. The number of anilines is 1. The minimum atomic E-state index is -0.764. The van der Waals surface area contributed by atoms with Gasteiger partial charge >= 0.3 is 12.0 Å². The number of aromatic nitrogens is 2. The van der Waals surface area contributed by atoms with Crippen molar-refractivity contribution in [1.29, 1.82) is 0 Å². The molecule has 0 unspecified atom stereocenters. The predicted octanol–water partition coefficient (Wildman–Crippen LogP) is 2.80. The van der Waals surface area contributed by atoms with Gasteiger partial charge < -0.3 is 14.8 Å². The number of urea groups is 1. The van der Waals surface area contributed by atoms with E-state index in [9.17, 15) is 14.4 Å². The first-order valence-corrected chi connectivity index (χ1v) is 8.66. The third-order valence-electron chi connectivity index (χ3n) is 3.73. The highest BCUT2D eigenvalue weighted by molar-refractivity contribution is 6.34. The highest BCUT2D eigenvalue weighted by Gasteiger charge is 2.13. The van der Waals surface area contributed by atoms with Crippen LogP contribution in [0.1, 0.15) is 10.4 Å². The molecule has 0 aliphatic heterocycles. The number of amides is 3. The molecule has 3 amide bonds. The minimum absolute atomic E-state index is 0.163. The lowest BCUT2D eigenvalue weighted by Crippen LogP contribution is -2.34. The molecule has 148 valence electrons. The topological polar surface area (TPSA) is 120 Å². The first-order valence-electron chi connectivity index (χ1n) is 8.28. The summed E-state index contributed by atoms with van der Waals surface area (Å²) in [5.74, 6) is -0.829. The summed E-state index contributed by atoms with van der Waals surface area (Å²) < 4.78 is 9.68. The Balaban J connectivity index is 1.62. The van der Waals surface area contributed by atoms with E-state index >= 15 is 0 Å². The second-order valence-corrected chi connectivity index (χ2v) is 6.08. The average molecular weight is 415 g/mol. The monoisotopic (exact) mass is 414 g/mol. The van der Waals surface area contributed by atoms with Gasteiger partial charge in [0.1, 0.15) is 5.75 Å². The maximum Gasteiger partial charge on any atom is 0.343 e. The van der Waals surface area contributed by atoms with Crippen molar-refractivity contribution < 1.29 is 23.9 Å². The van der Waals surface area contributed by atoms with Crippen LogP contribution in [0.4, 0.5) is 10.5 Å². The molecule has 3 aromatic rings. The molecule has 0 atom stereocenters. The van der Waals surface area contributed by atoms with Crippen LogP contribution >= 0.6 is 11.6 Å². The average Bonchev–Trinajstić information content (AvgIpc) is 2.73. The molecule has 0 aliphatic carbocycles. The van der Waals surface area contributed by atoms with Crippen LogP contribution in [0.2, 0.25) is 5.02 Å². The molecule has 0 aliphatic rings. The van der Waals surface area contributed by atoms with E-state index in [1.807, 2.05) is 0 Å². The molecule has 29 heavy (non-hydrogen) atoms. The maximum atomic E-state index is 12.3. The van der Waals surface area contributed by atoms with Crippen molar-refractivity contribution in [3.05, 3.63) is 59.4 Å². The van der Waals surface area contributed by atoms with Gasteiger partial charge in [0.25, 0.3) is 5.91 Å². The highest BCUT2D eigenvalue weighted by atomic mass is 35.5. The summed E-state index contributed by atoms with van der Waals surface area (Å²) in [6.45, 7) is -0.273. The second-order valence-electron chi connectivity index (χ2n) is 5.67. The van der Waals surface area contributed by atoms with Crippen LogP contribution < -0.4 is 15.4 Å². The summed E-state index contributed by atoms with van der Waals surface area (Å²) in [6, 6.07) is 8.35. The molecule has 0 saturated heterocycles. The third-order valence-corrected chi connectivity index (χ3v) is 4.04. The second kappa shape index (κ2) is 8.98. The highest BCUT2D eigenvalue weighted by Crippen LogP contribution is 2.26. The van der Waals surface area contributed by atoms with Crippen molar-refractivity contribution in [2.75, 3.05) is 19.0 Å². The number of imide groups is 1. The van der Waals surface area contributed by atoms with Crippen molar-refractivity contribution >= 4 is 46.2 Å². The van der Waals surface area contributed by atoms with Gasteiger partial charge in [-0.2, -0.15) is 0 Å². The van der Waals surface area contributed by atoms with Gasteiger partial charge in [0, 0.05) is 24.0 Å². The fourth-order valence-corrected chi connectivity index (χ4v) is 2.54. The number of halogens is 1. The number of nitrogens with one attached hydrogen (secondary N) is 2. The van der Waals surface area contributed by atoms with E-state index in [4.69, 9.17) is 16.3 Å². The Morgan fingerprint density at radius 2 is 1.79 bits per heavy atom. The van der Waals surface area contributed by atoms with Crippen molar-refractivity contribution in [1.82, 2.24) is 15.3 Å². The van der Waals surface area contributed by atoms with Gasteiger partial charge in [0.2, 0.25) is 0 Å². The van der Waals surface area contributed by atoms with Gasteiger partial charge in [0.05, 0.1) is 28.9 Å². The maximum absolute atomic E-state index is 12.3. The number of fused-ring (bicyclic) bond motifs is 1. The summed E-state index contributed by atoms with van der Waals surface area (Å²) in [7, 11) is 1.25. The molecule has 0 radical (unpaired) electrons. The number of benzene rings is 2. The predicted molar refractivity (Wildman–Crippen MR) is 105 cm³/mol. The molecule has 1 heterocycles. The Kier molecular flexibility index (Phi) is 6.20.